The topological polar surface area (TPSA) is 87.2 Å². The number of esters is 1. The molecular formula is C23H22N2O6S. The summed E-state index contributed by atoms with van der Waals surface area (Å²) < 4.78 is 21.4. The van der Waals surface area contributed by atoms with Crippen molar-refractivity contribution in [3.63, 3.8) is 0 Å². The van der Waals surface area contributed by atoms with E-state index in [9.17, 15) is 9.59 Å². The number of carbonyl (C=O) groups is 2. The number of nitrogens with zero attached hydrogens (tertiary/aromatic N) is 2. The van der Waals surface area contributed by atoms with E-state index in [2.05, 4.69) is 4.98 Å². The van der Waals surface area contributed by atoms with Gasteiger partial charge >= 0.3 is 5.97 Å². The van der Waals surface area contributed by atoms with E-state index in [0.717, 1.165) is 5.56 Å². The molecular weight excluding hydrogens is 432 g/mol. The quantitative estimate of drug-likeness (QED) is 0.471. The van der Waals surface area contributed by atoms with Crippen LogP contribution >= 0.6 is 11.3 Å². The average Bonchev–Trinajstić information content (AvgIpc) is 3.45. The lowest BCUT2D eigenvalue weighted by atomic mass is 10.1. The van der Waals surface area contributed by atoms with Crippen LogP contribution in [0.2, 0.25) is 0 Å². The lowest BCUT2D eigenvalue weighted by molar-refractivity contribution is -0.145. The van der Waals surface area contributed by atoms with Crippen molar-refractivity contribution in [2.45, 2.75) is 26.4 Å². The third-order valence-corrected chi connectivity index (χ3v) is 5.68. The van der Waals surface area contributed by atoms with Crippen LogP contribution in [0, 0.1) is 0 Å². The van der Waals surface area contributed by atoms with Crippen LogP contribution < -0.4 is 19.1 Å². The molecule has 0 radical (unpaired) electrons. The van der Waals surface area contributed by atoms with Crippen LogP contribution in [0.15, 0.2) is 47.8 Å². The van der Waals surface area contributed by atoms with E-state index >= 15 is 0 Å². The number of hydrogen-bond acceptors (Lipinski definition) is 8. The number of aromatic nitrogens is 1. The molecule has 1 aliphatic rings. The number of methoxy groups -OCH3 is 1. The molecule has 4 rings (SSSR count). The number of thiazole rings is 1. The van der Waals surface area contributed by atoms with Crippen LogP contribution in [0.3, 0.4) is 0 Å². The first kappa shape index (κ1) is 21.6. The van der Waals surface area contributed by atoms with E-state index in [1.54, 1.807) is 24.6 Å². The Kier molecular flexibility index (Phi) is 6.55. The molecule has 0 saturated heterocycles. The molecule has 0 fully saturated rings. The number of carbonyl (C=O) groups excluding carboxylic acids is 2. The van der Waals surface area contributed by atoms with Gasteiger partial charge in [0.25, 0.3) is 0 Å². The van der Waals surface area contributed by atoms with E-state index < -0.39 is 0 Å². The first-order valence-corrected chi connectivity index (χ1v) is 10.9. The van der Waals surface area contributed by atoms with Gasteiger partial charge in [-0.1, -0.05) is 18.2 Å². The van der Waals surface area contributed by atoms with E-state index in [1.807, 2.05) is 30.3 Å². The molecule has 3 aromatic rings. The van der Waals surface area contributed by atoms with Crippen LogP contribution in [-0.2, 0) is 27.4 Å². The molecule has 1 amide bonds. The number of benzene rings is 2. The third kappa shape index (κ3) is 4.83. The van der Waals surface area contributed by atoms with Crippen LogP contribution in [0.1, 0.15) is 24.6 Å². The Labute approximate surface area is 189 Å². The van der Waals surface area contributed by atoms with Crippen molar-refractivity contribution < 1.29 is 28.5 Å². The summed E-state index contributed by atoms with van der Waals surface area (Å²) >= 11 is 1.29. The van der Waals surface area contributed by atoms with Gasteiger partial charge in [0.05, 0.1) is 18.5 Å². The average molecular weight is 455 g/mol. The van der Waals surface area contributed by atoms with Crippen LogP contribution in [0.4, 0.5) is 10.8 Å². The Balaban J connectivity index is 1.35. The Morgan fingerprint density at radius 1 is 1.16 bits per heavy atom. The summed E-state index contributed by atoms with van der Waals surface area (Å²) in [5, 5.41) is 2.25. The minimum absolute atomic E-state index is 0.0359. The number of amides is 1. The lowest BCUT2D eigenvalue weighted by Gasteiger charge is -2.20. The number of fused-ring (bicyclic) bond motifs is 1. The zero-order chi connectivity index (χ0) is 22.5. The fourth-order valence-electron chi connectivity index (χ4n) is 3.26. The highest BCUT2D eigenvalue weighted by molar-refractivity contribution is 7.14. The van der Waals surface area contributed by atoms with Gasteiger partial charge in [0.1, 0.15) is 12.4 Å². The predicted molar refractivity (Wildman–Crippen MR) is 119 cm³/mol. The highest BCUT2D eigenvalue weighted by atomic mass is 32.1. The maximum absolute atomic E-state index is 12.3. The van der Waals surface area contributed by atoms with Gasteiger partial charge in [-0.25, -0.2) is 4.98 Å². The van der Waals surface area contributed by atoms with Crippen molar-refractivity contribution in [2.24, 2.45) is 0 Å². The molecule has 0 saturated carbocycles. The molecule has 1 aliphatic heterocycles. The first-order valence-electron chi connectivity index (χ1n) is 9.97. The second-order valence-corrected chi connectivity index (χ2v) is 7.83. The molecule has 0 unspecified atom stereocenters. The van der Waals surface area contributed by atoms with Gasteiger partial charge in [-0.3, -0.25) is 14.5 Å². The Bertz CT molecular complexity index is 1130. The maximum atomic E-state index is 12.3. The molecule has 32 heavy (non-hydrogen) atoms. The van der Waals surface area contributed by atoms with Crippen molar-refractivity contribution in [3.05, 3.63) is 59.1 Å². The summed E-state index contributed by atoms with van der Waals surface area (Å²) in [6, 6.07) is 12.8. The zero-order valence-corrected chi connectivity index (χ0v) is 18.5. The van der Waals surface area contributed by atoms with Gasteiger partial charge in [-0.2, -0.15) is 0 Å². The minimum Gasteiger partial charge on any atom is -0.495 e. The predicted octanol–water partition coefficient (Wildman–Crippen LogP) is 4.24. The van der Waals surface area contributed by atoms with E-state index in [0.29, 0.717) is 40.2 Å². The lowest BCUT2D eigenvalue weighted by Crippen LogP contribution is -2.23. The van der Waals surface area contributed by atoms with Crippen molar-refractivity contribution >= 4 is 34.0 Å². The van der Waals surface area contributed by atoms with Gasteiger partial charge < -0.3 is 18.9 Å². The molecule has 2 heterocycles. The Morgan fingerprint density at radius 3 is 2.78 bits per heavy atom. The van der Waals surface area contributed by atoms with Crippen LogP contribution in [-0.4, -0.2) is 30.8 Å². The summed E-state index contributed by atoms with van der Waals surface area (Å²) in [4.78, 5) is 30.5. The fraction of sp³-hybridized carbons (Fsp3) is 0.261. The van der Waals surface area contributed by atoms with Crippen molar-refractivity contribution in [1.29, 1.82) is 0 Å². The molecule has 2 aromatic carbocycles. The number of anilines is 2. The second-order valence-electron chi connectivity index (χ2n) is 7.00. The molecule has 9 heteroatoms. The highest BCUT2D eigenvalue weighted by Gasteiger charge is 2.21. The number of ether oxygens (including phenoxy) is 4. The number of hydrogen-bond donors (Lipinski definition) is 0. The smallest absolute Gasteiger partial charge is 0.306 e. The largest absolute Gasteiger partial charge is 0.495 e. The molecule has 0 bridgehead atoms. The zero-order valence-electron chi connectivity index (χ0n) is 17.7. The Morgan fingerprint density at radius 2 is 1.97 bits per heavy atom. The monoisotopic (exact) mass is 454 g/mol. The number of rotatable bonds is 8. The molecule has 0 spiro atoms. The van der Waals surface area contributed by atoms with E-state index in [4.69, 9.17) is 18.9 Å². The first-order chi connectivity index (χ1) is 15.5. The summed E-state index contributed by atoms with van der Waals surface area (Å²) in [6.07, 6.45) is 0.765. The summed E-state index contributed by atoms with van der Waals surface area (Å²) in [6.45, 7) is 1.71. The molecule has 0 N–H and O–H groups in total. The minimum atomic E-state index is -0.328. The SMILES string of the molecule is COc1ccccc1N(C(C)=O)c1nc(COC(=O)CCc2ccc3c(c2)OCO3)cs1. The van der Waals surface area contributed by atoms with Crippen molar-refractivity contribution in [1.82, 2.24) is 4.98 Å². The highest BCUT2D eigenvalue weighted by Crippen LogP contribution is 2.35. The standard InChI is InChI=1S/C23H22N2O6S/c1-15(26)25(18-5-3-4-6-19(18)28-2)23-24-17(13-32-23)12-29-22(27)10-8-16-7-9-20-21(11-16)31-14-30-20/h3-7,9,11,13H,8,10,12,14H2,1-2H3. The van der Waals surface area contributed by atoms with Crippen LogP contribution in [0.25, 0.3) is 0 Å². The summed E-state index contributed by atoms with van der Waals surface area (Å²) in [5.74, 6) is 1.44. The van der Waals surface area contributed by atoms with Gasteiger partial charge in [-0.05, 0) is 36.2 Å². The second kappa shape index (κ2) is 9.69. The molecule has 166 valence electrons. The van der Waals surface area contributed by atoms with Gasteiger partial charge in [0.2, 0.25) is 12.7 Å². The maximum Gasteiger partial charge on any atom is 0.306 e. The van der Waals surface area contributed by atoms with E-state index in [1.165, 1.54) is 23.2 Å². The summed E-state index contributed by atoms with van der Waals surface area (Å²) in [7, 11) is 1.55. The number of aryl methyl sites for hydroxylation is 1. The molecule has 0 atom stereocenters. The van der Waals surface area contributed by atoms with Crippen molar-refractivity contribution in [2.75, 3.05) is 18.8 Å². The molecule has 1 aromatic heterocycles. The van der Waals surface area contributed by atoms with Crippen molar-refractivity contribution in [3.8, 4) is 17.2 Å². The molecule has 8 nitrogen and oxygen atoms in total. The normalized spacial score (nSPS) is 11.8. The Hall–Kier alpha value is -3.59. The molecule has 0 aliphatic carbocycles. The number of para-hydroxylation sites is 2. The van der Waals surface area contributed by atoms with Crippen LogP contribution in [0.5, 0.6) is 17.2 Å². The van der Waals surface area contributed by atoms with Gasteiger partial charge in [0, 0.05) is 18.7 Å². The fourth-order valence-corrected chi connectivity index (χ4v) is 4.12. The van der Waals surface area contributed by atoms with E-state index in [-0.39, 0.29) is 31.7 Å². The van der Waals surface area contributed by atoms with Gasteiger partial charge in [-0.15, -0.1) is 11.3 Å². The third-order valence-electron chi connectivity index (χ3n) is 4.81. The summed E-state index contributed by atoms with van der Waals surface area (Å²) in [5.41, 5.74) is 2.14. The van der Waals surface area contributed by atoms with Gasteiger partial charge in [0.15, 0.2) is 16.6 Å².